The van der Waals surface area contributed by atoms with Crippen LogP contribution >= 0.6 is 60.6 Å². The Morgan fingerprint density at radius 2 is 1.01 bits per heavy atom. The molecule has 88 heavy (non-hydrogen) atoms. The summed E-state index contributed by atoms with van der Waals surface area (Å²) in [6.07, 6.45) is 38.7. The minimum absolute atomic E-state index is 0.219. The fourth-order valence-corrected chi connectivity index (χ4v) is 15.5. The number of allylic oxidation sites excluding steroid dienone is 10. The van der Waals surface area contributed by atoms with Crippen molar-refractivity contribution in [3.05, 3.63) is 136 Å². The Hall–Kier alpha value is -2.75. The maximum atomic E-state index is 5.94. The van der Waals surface area contributed by atoms with Crippen LogP contribution in [-0.2, 0) is 0 Å². The van der Waals surface area contributed by atoms with Crippen LogP contribution in [0, 0.1) is 56.2 Å². The Bertz CT molecular complexity index is 2130. The highest BCUT2D eigenvalue weighted by Crippen LogP contribution is 2.53. The van der Waals surface area contributed by atoms with Crippen LogP contribution in [0.1, 0.15) is 265 Å². The van der Waals surface area contributed by atoms with Crippen LogP contribution in [0.3, 0.4) is 0 Å². The van der Waals surface area contributed by atoms with Gasteiger partial charge in [-0.1, -0.05) is 309 Å². The number of hydrogen-bond acceptors (Lipinski definition) is 5. The highest BCUT2D eigenvalue weighted by atomic mass is 32.2. The quantitative estimate of drug-likeness (QED) is 0.0341. The van der Waals surface area contributed by atoms with E-state index in [9.17, 15) is 0 Å². The molecule has 0 saturated heterocycles. The Balaban J connectivity index is -0.00000131. The van der Waals surface area contributed by atoms with E-state index in [0.717, 1.165) is 135 Å². The highest BCUT2D eigenvalue weighted by Gasteiger charge is 2.45. The van der Waals surface area contributed by atoms with Gasteiger partial charge in [0.1, 0.15) is 0 Å². The number of rotatable bonds is 33. The second-order valence-corrected chi connectivity index (χ2v) is 32.3. The van der Waals surface area contributed by atoms with Crippen molar-refractivity contribution in [1.82, 2.24) is 16.0 Å². The number of thioether (sulfide) groups is 1. The molecule has 3 aliphatic rings. The van der Waals surface area contributed by atoms with Gasteiger partial charge in [0.2, 0.25) is 0 Å². The molecule has 0 aliphatic heterocycles. The van der Waals surface area contributed by atoms with Gasteiger partial charge < -0.3 is 16.0 Å². The molecule has 0 heterocycles. The smallest absolute Gasteiger partial charge is 0.0755 e. The maximum absolute atomic E-state index is 5.94. The molecular weight excluding hydrogens is 1160 g/mol. The Labute approximate surface area is 574 Å². The molecule has 0 aromatic heterocycles. The molecule has 0 radical (unpaired) electrons. The van der Waals surface area contributed by atoms with E-state index in [2.05, 4.69) is 164 Å². The van der Waals surface area contributed by atoms with Crippen molar-refractivity contribution in [3.8, 4) is 0 Å². The zero-order valence-corrected chi connectivity index (χ0v) is 64.6. The SMILES string of the molecule is C=CC(=C)C.C=CC(=C)C.C=CC(=C)C.C=CC(=C)CCC(CC)(CCC(=S)C=C)CC(C)C1CC(C)(C)CC(C)(CNC(C)=S)C1.C=CC(=C)SCC(CC)(CC)CCC(=S)NC1CC(C)(C)CC(C)(CNC(=S)CCC2CCC(CC)CC2)C1.CC. The number of nitrogens with one attached hydrogen (secondary N) is 3. The third-order valence-electron chi connectivity index (χ3n) is 19.0. The predicted octanol–water partition coefficient (Wildman–Crippen LogP) is 25.7. The lowest BCUT2D eigenvalue weighted by Crippen LogP contribution is -2.50. The second-order valence-electron chi connectivity index (χ2n) is 29.0. The summed E-state index contributed by atoms with van der Waals surface area (Å²) in [6.45, 7) is 81.2. The summed E-state index contributed by atoms with van der Waals surface area (Å²) in [5, 5.41) is 11.0. The van der Waals surface area contributed by atoms with E-state index in [-0.39, 0.29) is 10.8 Å². The van der Waals surface area contributed by atoms with E-state index in [1.54, 1.807) is 18.2 Å². The molecule has 0 amide bonds. The van der Waals surface area contributed by atoms with E-state index in [1.165, 1.54) is 96.3 Å². The largest absolute Gasteiger partial charge is 0.379 e. The van der Waals surface area contributed by atoms with Gasteiger partial charge in [-0.25, -0.2) is 0 Å². The van der Waals surface area contributed by atoms with Gasteiger partial charge in [-0.15, -0.1) is 11.8 Å². The molecule has 3 fully saturated rings. The molecule has 0 bridgehead atoms. The molecule has 3 aliphatic carbocycles. The average molecular weight is 1300 g/mol. The van der Waals surface area contributed by atoms with Gasteiger partial charge in [0.25, 0.3) is 0 Å². The first-order valence-corrected chi connectivity index (χ1v) is 36.6. The van der Waals surface area contributed by atoms with Crippen LogP contribution in [0.25, 0.3) is 0 Å². The maximum Gasteiger partial charge on any atom is 0.0755 e. The van der Waals surface area contributed by atoms with Gasteiger partial charge in [0.15, 0.2) is 0 Å². The van der Waals surface area contributed by atoms with Crippen molar-refractivity contribution in [3.63, 3.8) is 0 Å². The van der Waals surface area contributed by atoms with Gasteiger partial charge in [0, 0.05) is 29.7 Å². The first-order chi connectivity index (χ1) is 41.0. The summed E-state index contributed by atoms with van der Waals surface area (Å²) < 4.78 is 0. The van der Waals surface area contributed by atoms with E-state index in [0.29, 0.717) is 33.6 Å². The minimum Gasteiger partial charge on any atom is -0.379 e. The Kier molecular flexibility index (Phi) is 48.0. The van der Waals surface area contributed by atoms with Crippen LogP contribution in [-0.4, -0.2) is 44.7 Å². The van der Waals surface area contributed by atoms with E-state index in [1.807, 2.05) is 71.5 Å². The summed E-state index contributed by atoms with van der Waals surface area (Å²) in [4.78, 5) is 5.08. The first kappa shape index (κ1) is 89.4. The highest BCUT2D eigenvalue weighted by molar-refractivity contribution is 8.03. The van der Waals surface area contributed by atoms with Crippen LogP contribution < -0.4 is 16.0 Å². The predicted molar refractivity (Wildman–Crippen MR) is 424 cm³/mol. The molecule has 6 unspecified atom stereocenters. The van der Waals surface area contributed by atoms with Crippen molar-refractivity contribution in [2.75, 3.05) is 18.8 Å². The molecular formula is C80H139N3S5. The second kappa shape index (κ2) is 47.2. The van der Waals surface area contributed by atoms with Crippen LogP contribution in [0.4, 0.5) is 0 Å². The molecule has 8 heteroatoms. The van der Waals surface area contributed by atoms with Crippen LogP contribution in [0.5, 0.6) is 0 Å². The van der Waals surface area contributed by atoms with Gasteiger partial charge in [0.05, 0.1) is 15.0 Å². The van der Waals surface area contributed by atoms with Crippen molar-refractivity contribution in [1.29, 1.82) is 0 Å². The average Bonchev–Trinajstić information content (AvgIpc) is 3.00. The summed E-state index contributed by atoms with van der Waals surface area (Å²) in [6, 6.07) is 0.433. The Morgan fingerprint density at radius 3 is 1.45 bits per heavy atom. The molecule has 0 aromatic carbocycles. The summed E-state index contributed by atoms with van der Waals surface area (Å²) in [5.74, 6) is 4.35. The van der Waals surface area contributed by atoms with Crippen molar-refractivity contribution in [2.24, 2.45) is 56.2 Å². The lowest BCUT2D eigenvalue weighted by molar-refractivity contribution is 0.0187. The van der Waals surface area contributed by atoms with E-state index in [4.69, 9.17) is 48.9 Å². The fourth-order valence-electron chi connectivity index (χ4n) is 13.7. The zero-order valence-electron chi connectivity index (χ0n) is 60.6. The van der Waals surface area contributed by atoms with Crippen LogP contribution in [0.2, 0.25) is 0 Å². The molecule has 6 atom stereocenters. The molecule has 3 saturated carbocycles. The van der Waals surface area contributed by atoms with E-state index >= 15 is 0 Å². The van der Waals surface area contributed by atoms with Crippen LogP contribution in [0.15, 0.2) is 136 Å². The molecule has 0 aromatic rings. The first-order valence-electron chi connectivity index (χ1n) is 34.0. The molecule has 0 spiro atoms. The third kappa shape index (κ3) is 41.7. The van der Waals surface area contributed by atoms with E-state index < -0.39 is 0 Å². The fraction of sp³-hybridized carbons (Fsp3) is 0.675. The van der Waals surface area contributed by atoms with Gasteiger partial charge in [-0.3, -0.25) is 0 Å². The monoisotopic (exact) mass is 1300 g/mol. The van der Waals surface area contributed by atoms with Crippen molar-refractivity contribution < 1.29 is 0 Å². The molecule has 504 valence electrons. The lowest BCUT2D eigenvalue weighted by atomic mass is 9.56. The minimum atomic E-state index is 0.219. The van der Waals surface area contributed by atoms with Gasteiger partial charge >= 0.3 is 0 Å². The molecule has 3 nitrogen and oxygen atoms in total. The summed E-state index contributed by atoms with van der Waals surface area (Å²) >= 11 is 24.4. The topological polar surface area (TPSA) is 36.1 Å². The zero-order chi connectivity index (χ0) is 68.5. The summed E-state index contributed by atoms with van der Waals surface area (Å²) in [7, 11) is 0. The normalized spacial score (nSPS) is 22.3. The Morgan fingerprint density at radius 1 is 0.557 bits per heavy atom. The third-order valence-corrected chi connectivity index (χ3v) is 21.5. The number of thiocarbonyl (C=S) groups is 4. The molecule has 3 rings (SSSR count). The van der Waals surface area contributed by atoms with Gasteiger partial charge in [-0.2, -0.15) is 0 Å². The van der Waals surface area contributed by atoms with Crippen molar-refractivity contribution >= 4 is 80.5 Å². The summed E-state index contributed by atoms with van der Waals surface area (Å²) in [5.41, 5.74) is 5.96. The van der Waals surface area contributed by atoms with Gasteiger partial charge in [-0.05, 0) is 198 Å². The number of hydrogen-bond donors (Lipinski definition) is 3. The lowest BCUT2D eigenvalue weighted by Gasteiger charge is -2.50. The standard InChI is InChI=1S/C34H60N2S3.C29H49NS2.3C5H8.C2H6/c1-9-26(5)39-25-34(11-3,12-4)20-19-31(38)36-29-21-32(6,7)23-33(8,22-29)24-35-30(37)18-17-28-15-13-27(10-2)14-16-28;1-10-22(4)13-15-29(12-3,16-14-26(32)11-2)17-23(5)25-18-27(7,8)20-28(9,19-25)21-30-24(6)31;3*1-4-5(2)3;1-2/h9,27-29H,1,5,10-25H2,2-4,6-8H3,(H,35,37)(H,36,38);10-11,23,25H,1-2,4,12-21H2,3,5-9H3,(H,30,31);3*4H,1-2H2,3H3;1-2H3. The van der Waals surface area contributed by atoms with Crippen molar-refractivity contribution in [2.45, 2.75) is 271 Å². The molecule has 3 N–H and O–H groups in total.